The summed E-state index contributed by atoms with van der Waals surface area (Å²) in [6, 6.07) is 14.9. The van der Waals surface area contributed by atoms with Crippen molar-refractivity contribution in [2.24, 2.45) is 0 Å². The van der Waals surface area contributed by atoms with E-state index in [4.69, 9.17) is 4.74 Å². The molecule has 0 bridgehead atoms. The lowest BCUT2D eigenvalue weighted by molar-refractivity contribution is 0.0936. The number of hydrogen-bond donors (Lipinski definition) is 1. The zero-order chi connectivity index (χ0) is 23.1. The number of amides is 1. The molecule has 1 unspecified atom stereocenters. The maximum Gasteiger partial charge on any atom is 0.274 e. The molecule has 1 N–H and O–H groups in total. The number of methoxy groups -OCH3 is 1. The van der Waals surface area contributed by atoms with E-state index in [1.165, 1.54) is 4.68 Å². The number of nitrogens with one attached hydrogen (secondary N) is 1. The highest BCUT2D eigenvalue weighted by Gasteiger charge is 2.21. The van der Waals surface area contributed by atoms with Crippen molar-refractivity contribution in [1.82, 2.24) is 20.0 Å². The van der Waals surface area contributed by atoms with Gasteiger partial charge in [0.15, 0.2) is 5.69 Å². The molecule has 7 heteroatoms. The van der Waals surface area contributed by atoms with E-state index in [9.17, 15) is 9.59 Å². The minimum atomic E-state index is -0.299. The highest BCUT2D eigenvalue weighted by atomic mass is 16.5. The van der Waals surface area contributed by atoms with Crippen molar-refractivity contribution >= 4 is 16.7 Å². The zero-order valence-electron chi connectivity index (χ0n) is 19.3. The molecule has 0 aliphatic heterocycles. The van der Waals surface area contributed by atoms with E-state index >= 15 is 0 Å². The standard InChI is InChI=1S/C25H32N4O3/c1-5-6-11-16-29-25(31)19-13-8-7-12-18(19)23(27-29)24(30)26-17-21(28(2)3)20-14-9-10-15-22(20)32-4/h7-10,12-15,21H,5-6,11,16-17H2,1-4H3,(H,26,30). The third-order valence-corrected chi connectivity index (χ3v) is 5.63. The maximum absolute atomic E-state index is 13.2. The number of hydrogen-bond acceptors (Lipinski definition) is 5. The van der Waals surface area contributed by atoms with Crippen LogP contribution in [0.15, 0.2) is 53.3 Å². The maximum atomic E-state index is 13.2. The minimum Gasteiger partial charge on any atom is -0.496 e. The molecule has 1 heterocycles. The Hall–Kier alpha value is -3.19. The van der Waals surface area contributed by atoms with Gasteiger partial charge in [0.05, 0.1) is 18.5 Å². The van der Waals surface area contributed by atoms with E-state index in [-0.39, 0.29) is 23.2 Å². The van der Waals surface area contributed by atoms with Crippen molar-refractivity contribution in [1.29, 1.82) is 0 Å². The van der Waals surface area contributed by atoms with Gasteiger partial charge in [-0.15, -0.1) is 0 Å². The van der Waals surface area contributed by atoms with E-state index < -0.39 is 0 Å². The first-order chi connectivity index (χ1) is 15.5. The number of benzene rings is 2. The third kappa shape index (κ3) is 5.16. The normalized spacial score (nSPS) is 12.2. The van der Waals surface area contributed by atoms with Gasteiger partial charge in [-0.2, -0.15) is 5.10 Å². The Morgan fingerprint density at radius 1 is 1.09 bits per heavy atom. The van der Waals surface area contributed by atoms with E-state index in [0.29, 0.717) is 23.9 Å². The van der Waals surface area contributed by atoms with Crippen LogP contribution >= 0.6 is 0 Å². The molecule has 1 aromatic heterocycles. The van der Waals surface area contributed by atoms with Crippen molar-refractivity contribution in [3.63, 3.8) is 0 Å². The number of para-hydroxylation sites is 1. The summed E-state index contributed by atoms with van der Waals surface area (Å²) in [4.78, 5) is 28.1. The summed E-state index contributed by atoms with van der Waals surface area (Å²) in [5, 5.41) is 8.56. The molecule has 0 saturated heterocycles. The number of ether oxygens (including phenoxy) is 1. The van der Waals surface area contributed by atoms with Crippen LogP contribution in [0, 0.1) is 0 Å². The fraction of sp³-hybridized carbons (Fsp3) is 0.400. The second-order valence-corrected chi connectivity index (χ2v) is 8.06. The molecule has 1 atom stereocenters. The molecule has 0 aliphatic carbocycles. The molecule has 170 valence electrons. The predicted molar refractivity (Wildman–Crippen MR) is 127 cm³/mol. The quantitative estimate of drug-likeness (QED) is 0.491. The van der Waals surface area contributed by atoms with Crippen molar-refractivity contribution in [3.8, 4) is 5.75 Å². The van der Waals surface area contributed by atoms with Gasteiger partial charge in [-0.1, -0.05) is 56.2 Å². The van der Waals surface area contributed by atoms with Crippen molar-refractivity contribution in [2.75, 3.05) is 27.7 Å². The van der Waals surface area contributed by atoms with Gasteiger partial charge in [0.2, 0.25) is 0 Å². The highest BCUT2D eigenvalue weighted by Crippen LogP contribution is 2.27. The van der Waals surface area contributed by atoms with Gasteiger partial charge < -0.3 is 15.0 Å². The molecule has 0 radical (unpaired) electrons. The average molecular weight is 437 g/mol. The van der Waals surface area contributed by atoms with E-state index in [2.05, 4.69) is 17.3 Å². The average Bonchev–Trinajstić information content (AvgIpc) is 2.80. The first kappa shape index (κ1) is 23.5. The number of unbranched alkanes of at least 4 members (excludes halogenated alkanes) is 2. The van der Waals surface area contributed by atoms with Gasteiger partial charge in [-0.05, 0) is 32.6 Å². The Labute approximate surface area is 189 Å². The molecule has 0 spiro atoms. The fourth-order valence-corrected chi connectivity index (χ4v) is 3.85. The molecule has 1 amide bonds. The number of rotatable bonds is 10. The fourth-order valence-electron chi connectivity index (χ4n) is 3.85. The van der Waals surface area contributed by atoms with Crippen molar-refractivity contribution in [2.45, 2.75) is 38.8 Å². The minimum absolute atomic E-state index is 0.0863. The Balaban J connectivity index is 1.90. The largest absolute Gasteiger partial charge is 0.496 e. The smallest absolute Gasteiger partial charge is 0.274 e. The molecular weight excluding hydrogens is 404 g/mol. The van der Waals surface area contributed by atoms with Gasteiger partial charge in [-0.25, -0.2) is 4.68 Å². The van der Waals surface area contributed by atoms with Crippen LogP contribution in [-0.4, -0.2) is 48.3 Å². The lowest BCUT2D eigenvalue weighted by Crippen LogP contribution is -2.36. The van der Waals surface area contributed by atoms with Gasteiger partial charge in [0, 0.05) is 24.0 Å². The Morgan fingerprint density at radius 3 is 2.47 bits per heavy atom. The van der Waals surface area contributed by atoms with Crippen LogP contribution in [0.1, 0.15) is 48.3 Å². The zero-order valence-corrected chi connectivity index (χ0v) is 19.3. The van der Waals surface area contributed by atoms with Crippen LogP contribution in [0.2, 0.25) is 0 Å². The van der Waals surface area contributed by atoms with Crippen LogP contribution in [0.25, 0.3) is 10.8 Å². The summed E-state index contributed by atoms with van der Waals surface area (Å²) in [6.45, 7) is 2.98. The highest BCUT2D eigenvalue weighted by molar-refractivity contribution is 6.04. The molecular formula is C25H32N4O3. The number of carbonyl (C=O) groups is 1. The SMILES string of the molecule is CCCCCn1nc(C(=O)NCC(c2ccccc2OC)N(C)C)c2ccccc2c1=O. The Bertz CT molecular complexity index is 1120. The summed E-state index contributed by atoms with van der Waals surface area (Å²) in [5.74, 6) is 0.473. The molecule has 0 saturated carbocycles. The number of fused-ring (bicyclic) bond motifs is 1. The number of carbonyl (C=O) groups excluding carboxylic acids is 1. The Morgan fingerprint density at radius 2 is 1.78 bits per heavy atom. The van der Waals surface area contributed by atoms with Crippen LogP contribution in [0.4, 0.5) is 0 Å². The second kappa shape index (κ2) is 10.9. The van der Waals surface area contributed by atoms with Crippen molar-refractivity contribution < 1.29 is 9.53 Å². The third-order valence-electron chi connectivity index (χ3n) is 5.63. The summed E-state index contributed by atoms with van der Waals surface area (Å²) in [7, 11) is 5.57. The molecule has 3 rings (SSSR count). The van der Waals surface area contributed by atoms with Crippen molar-refractivity contribution in [3.05, 3.63) is 70.1 Å². The number of nitrogens with zero attached hydrogens (tertiary/aromatic N) is 3. The summed E-state index contributed by atoms with van der Waals surface area (Å²) < 4.78 is 6.94. The van der Waals surface area contributed by atoms with Gasteiger partial charge in [-0.3, -0.25) is 9.59 Å². The van der Waals surface area contributed by atoms with Gasteiger partial charge in [0.25, 0.3) is 11.5 Å². The first-order valence-corrected chi connectivity index (χ1v) is 11.0. The molecule has 0 aliphatic rings. The monoisotopic (exact) mass is 436 g/mol. The van der Waals surface area contributed by atoms with E-state index in [1.54, 1.807) is 19.2 Å². The van der Waals surface area contributed by atoms with Crippen LogP contribution in [0.5, 0.6) is 5.75 Å². The van der Waals surface area contributed by atoms with Gasteiger partial charge in [0.1, 0.15) is 5.75 Å². The molecule has 7 nitrogen and oxygen atoms in total. The van der Waals surface area contributed by atoms with Crippen LogP contribution < -0.4 is 15.6 Å². The lowest BCUT2D eigenvalue weighted by Gasteiger charge is -2.26. The predicted octanol–water partition coefficient (Wildman–Crippen LogP) is 3.63. The van der Waals surface area contributed by atoms with Crippen LogP contribution in [0.3, 0.4) is 0 Å². The molecule has 2 aromatic carbocycles. The summed E-state index contributed by atoms with van der Waals surface area (Å²) in [6.07, 6.45) is 2.90. The number of likely N-dealkylation sites (N-methyl/N-ethyl adjacent to an activating group) is 1. The lowest BCUT2D eigenvalue weighted by atomic mass is 10.0. The van der Waals surface area contributed by atoms with Crippen LogP contribution in [-0.2, 0) is 6.54 Å². The second-order valence-electron chi connectivity index (χ2n) is 8.06. The Kier molecular flexibility index (Phi) is 8.00. The number of aryl methyl sites for hydroxylation is 1. The topological polar surface area (TPSA) is 76.5 Å². The molecule has 3 aromatic rings. The van der Waals surface area contributed by atoms with Gasteiger partial charge >= 0.3 is 0 Å². The molecule has 32 heavy (non-hydrogen) atoms. The number of aromatic nitrogens is 2. The molecule has 0 fully saturated rings. The first-order valence-electron chi connectivity index (χ1n) is 11.0. The van der Waals surface area contributed by atoms with E-state index in [1.807, 2.05) is 55.4 Å². The summed E-state index contributed by atoms with van der Waals surface area (Å²) in [5.41, 5.74) is 1.10. The van der Waals surface area contributed by atoms with E-state index in [0.717, 1.165) is 30.6 Å². The summed E-state index contributed by atoms with van der Waals surface area (Å²) >= 11 is 0.